The zero-order valence-electron chi connectivity index (χ0n) is 14.7. The van der Waals surface area contributed by atoms with Crippen LogP contribution in [0.4, 0.5) is 0 Å². The number of nitrogens with one attached hydrogen (secondary N) is 3. The molecule has 0 aromatic rings. The van der Waals surface area contributed by atoms with Crippen LogP contribution in [0.25, 0.3) is 0 Å². The topological polar surface area (TPSA) is 251 Å². The van der Waals surface area contributed by atoms with E-state index < -0.39 is 79.7 Å². The first kappa shape index (κ1) is 24.7. The minimum atomic E-state index is -1.55. The Balaban J connectivity index is 5.09. The summed E-state index contributed by atoms with van der Waals surface area (Å²) >= 11 is 0. The number of carboxylic acid groups (broad SMARTS) is 2. The largest absolute Gasteiger partial charge is 0.481 e. The molecule has 4 amide bonds. The van der Waals surface area contributed by atoms with Crippen molar-refractivity contribution >= 4 is 35.6 Å². The number of hydrogen-bond donors (Lipinski definition) is 8. The van der Waals surface area contributed by atoms with E-state index in [0.29, 0.717) is 0 Å². The summed E-state index contributed by atoms with van der Waals surface area (Å²) in [5.74, 6) is -6.49. The fraction of sp³-hybridized carbons (Fsp3) is 0.571. The lowest BCUT2D eigenvalue weighted by Crippen LogP contribution is -2.57. The maximum absolute atomic E-state index is 12.3. The van der Waals surface area contributed by atoms with E-state index in [0.717, 1.165) is 0 Å². The highest BCUT2D eigenvalue weighted by Gasteiger charge is 2.28. The molecule has 0 spiro atoms. The minimum Gasteiger partial charge on any atom is -0.481 e. The summed E-state index contributed by atoms with van der Waals surface area (Å²) in [5, 5.41) is 32.6. The molecular weight excluding hydrogens is 382 g/mol. The van der Waals surface area contributed by atoms with Crippen molar-refractivity contribution in [3.63, 3.8) is 0 Å². The number of carboxylic acids is 2. The van der Waals surface area contributed by atoms with Gasteiger partial charge in [0.05, 0.1) is 19.1 Å². The van der Waals surface area contributed by atoms with E-state index in [4.69, 9.17) is 21.7 Å². The van der Waals surface area contributed by atoms with Crippen molar-refractivity contribution in [3.05, 3.63) is 0 Å². The van der Waals surface area contributed by atoms with Crippen molar-refractivity contribution in [2.45, 2.75) is 37.4 Å². The molecule has 0 aromatic carbocycles. The second-order valence-corrected chi connectivity index (χ2v) is 5.63. The van der Waals surface area contributed by atoms with Gasteiger partial charge in [-0.2, -0.15) is 0 Å². The maximum Gasteiger partial charge on any atom is 0.322 e. The molecule has 0 saturated carbocycles. The van der Waals surface area contributed by atoms with Crippen LogP contribution in [0, 0.1) is 0 Å². The molecule has 14 nitrogen and oxygen atoms in total. The number of aliphatic hydroxyl groups is 1. The molecule has 0 radical (unpaired) electrons. The Bertz CT molecular complexity index is 624. The fourth-order valence-electron chi connectivity index (χ4n) is 1.88. The number of aliphatic hydroxyl groups excluding tert-OH is 1. The van der Waals surface area contributed by atoms with Crippen LogP contribution < -0.4 is 27.4 Å². The molecule has 0 rings (SSSR count). The number of carbonyl (C=O) groups is 6. The molecule has 0 aliphatic carbocycles. The third-order valence-electron chi connectivity index (χ3n) is 3.27. The van der Waals surface area contributed by atoms with Crippen molar-refractivity contribution in [2.24, 2.45) is 11.5 Å². The van der Waals surface area contributed by atoms with Crippen molar-refractivity contribution in [3.8, 4) is 0 Å². The molecule has 0 fully saturated rings. The predicted octanol–water partition coefficient (Wildman–Crippen LogP) is -4.78. The molecule has 28 heavy (non-hydrogen) atoms. The molecule has 0 aliphatic heterocycles. The van der Waals surface area contributed by atoms with E-state index in [1.807, 2.05) is 5.32 Å². The van der Waals surface area contributed by atoms with Gasteiger partial charge in [-0.3, -0.25) is 28.8 Å². The highest BCUT2D eigenvalue weighted by atomic mass is 16.4. The maximum atomic E-state index is 12.3. The number of rotatable bonds is 13. The third kappa shape index (κ3) is 10.0. The summed E-state index contributed by atoms with van der Waals surface area (Å²) in [7, 11) is 0. The van der Waals surface area contributed by atoms with Crippen LogP contribution in [0.3, 0.4) is 0 Å². The fourth-order valence-corrected chi connectivity index (χ4v) is 1.88. The van der Waals surface area contributed by atoms with Gasteiger partial charge < -0.3 is 42.7 Å². The van der Waals surface area contributed by atoms with Gasteiger partial charge in [-0.15, -0.1) is 0 Å². The normalized spacial score (nSPS) is 13.5. The van der Waals surface area contributed by atoms with Gasteiger partial charge >= 0.3 is 11.9 Å². The van der Waals surface area contributed by atoms with Gasteiger partial charge in [0.2, 0.25) is 23.6 Å². The summed E-state index contributed by atoms with van der Waals surface area (Å²) in [5.41, 5.74) is 10.4. The molecular formula is C14H23N5O9. The first-order chi connectivity index (χ1) is 13.0. The molecule has 3 unspecified atom stereocenters. The van der Waals surface area contributed by atoms with Crippen LogP contribution in [-0.2, 0) is 28.8 Å². The number of aliphatic carboxylic acids is 2. The lowest BCUT2D eigenvalue weighted by molar-refractivity contribution is -0.139. The quantitative estimate of drug-likeness (QED) is 0.145. The third-order valence-corrected chi connectivity index (χ3v) is 3.27. The van der Waals surface area contributed by atoms with E-state index in [1.54, 1.807) is 0 Å². The second kappa shape index (κ2) is 12.2. The van der Waals surface area contributed by atoms with Gasteiger partial charge in [0, 0.05) is 6.42 Å². The number of primary amides is 1. The summed E-state index contributed by atoms with van der Waals surface area (Å²) in [6.07, 6.45) is -1.43. The van der Waals surface area contributed by atoms with E-state index in [1.165, 1.54) is 0 Å². The summed E-state index contributed by atoms with van der Waals surface area (Å²) in [4.78, 5) is 68.0. The average molecular weight is 405 g/mol. The lowest BCUT2D eigenvalue weighted by atomic mass is 10.1. The van der Waals surface area contributed by atoms with Crippen LogP contribution in [0.5, 0.6) is 0 Å². The summed E-state index contributed by atoms with van der Waals surface area (Å²) in [6, 6.07) is -4.38. The lowest BCUT2D eigenvalue weighted by Gasteiger charge is -2.22. The molecule has 14 heteroatoms. The molecule has 3 atom stereocenters. The Labute approximate surface area is 158 Å². The number of nitrogens with two attached hydrogens (primary N) is 2. The zero-order chi connectivity index (χ0) is 21.9. The Hall–Kier alpha value is -3.26. The van der Waals surface area contributed by atoms with Gasteiger partial charge in [0.15, 0.2) is 0 Å². The Morgan fingerprint density at radius 1 is 0.857 bits per heavy atom. The molecule has 0 saturated heterocycles. The highest BCUT2D eigenvalue weighted by molar-refractivity contribution is 5.94. The molecule has 0 bridgehead atoms. The predicted molar refractivity (Wildman–Crippen MR) is 90.2 cm³/mol. The van der Waals surface area contributed by atoms with Gasteiger partial charge in [0.25, 0.3) is 0 Å². The van der Waals surface area contributed by atoms with E-state index in [2.05, 4.69) is 10.6 Å². The average Bonchev–Trinajstić information content (AvgIpc) is 2.59. The monoisotopic (exact) mass is 405 g/mol. The van der Waals surface area contributed by atoms with E-state index in [9.17, 15) is 33.9 Å². The zero-order valence-corrected chi connectivity index (χ0v) is 14.7. The van der Waals surface area contributed by atoms with Crippen LogP contribution in [-0.4, -0.2) is 82.2 Å². The summed E-state index contributed by atoms with van der Waals surface area (Å²) < 4.78 is 0. The highest BCUT2D eigenvalue weighted by Crippen LogP contribution is 2.01. The second-order valence-electron chi connectivity index (χ2n) is 5.63. The van der Waals surface area contributed by atoms with Crippen molar-refractivity contribution in [1.29, 1.82) is 0 Å². The van der Waals surface area contributed by atoms with Gasteiger partial charge in [0.1, 0.15) is 18.6 Å². The van der Waals surface area contributed by atoms with Gasteiger partial charge in [-0.05, 0) is 6.42 Å². The molecule has 158 valence electrons. The van der Waals surface area contributed by atoms with Gasteiger partial charge in [-0.1, -0.05) is 0 Å². The summed E-state index contributed by atoms with van der Waals surface area (Å²) in [6.45, 7) is -1.65. The molecule has 0 aliphatic rings. The molecule has 0 aromatic heterocycles. The van der Waals surface area contributed by atoms with Crippen LogP contribution in [0.1, 0.15) is 19.3 Å². The van der Waals surface area contributed by atoms with Crippen LogP contribution >= 0.6 is 0 Å². The first-order valence-electron chi connectivity index (χ1n) is 7.94. The number of amides is 4. The van der Waals surface area contributed by atoms with E-state index in [-0.39, 0.29) is 6.42 Å². The first-order valence-corrected chi connectivity index (χ1v) is 7.94. The van der Waals surface area contributed by atoms with Gasteiger partial charge in [-0.25, -0.2) is 0 Å². The van der Waals surface area contributed by atoms with Crippen molar-refractivity contribution in [2.75, 3.05) is 13.2 Å². The number of carbonyl (C=O) groups excluding carboxylic acids is 4. The van der Waals surface area contributed by atoms with E-state index >= 15 is 0 Å². The van der Waals surface area contributed by atoms with Crippen molar-refractivity contribution < 1.29 is 44.1 Å². The Morgan fingerprint density at radius 3 is 1.89 bits per heavy atom. The van der Waals surface area contributed by atoms with Crippen LogP contribution in [0.2, 0.25) is 0 Å². The Kier molecular flexibility index (Phi) is 10.8. The minimum absolute atomic E-state index is 0.384. The molecule has 0 heterocycles. The Morgan fingerprint density at radius 2 is 1.43 bits per heavy atom. The smallest absolute Gasteiger partial charge is 0.322 e. The van der Waals surface area contributed by atoms with Crippen LogP contribution in [0.15, 0.2) is 0 Å². The standard InChI is InChI=1S/C14H23N5O9/c15-6(3-9(16)21)12(26)18-7(1-2-10(22)23)14(28)19-8(5-20)13(27)17-4-11(24)25/h6-8,20H,1-5,15H2,(H2,16,21)(H,17,27)(H,18,26)(H,19,28)(H,22,23)(H,24,25). The number of hydrogen-bond acceptors (Lipinski definition) is 8. The molecule has 10 N–H and O–H groups in total. The van der Waals surface area contributed by atoms with Crippen molar-refractivity contribution in [1.82, 2.24) is 16.0 Å². The SMILES string of the molecule is NC(=O)CC(N)C(=O)NC(CCC(=O)O)C(=O)NC(CO)C(=O)NCC(=O)O.